The lowest BCUT2D eigenvalue weighted by molar-refractivity contribution is 0.248. The van der Waals surface area contributed by atoms with Crippen LogP contribution in [0.25, 0.3) is 11.5 Å². The van der Waals surface area contributed by atoms with Crippen LogP contribution >= 0.6 is 11.3 Å². The van der Waals surface area contributed by atoms with Gasteiger partial charge < -0.3 is 4.42 Å². The van der Waals surface area contributed by atoms with E-state index < -0.39 is 0 Å². The molecular weight excluding hydrogens is 304 g/mol. The average Bonchev–Trinajstić information content (AvgIpc) is 3.29. The van der Waals surface area contributed by atoms with Crippen molar-refractivity contribution in [1.82, 2.24) is 9.88 Å². The minimum Gasteiger partial charge on any atom is -0.444 e. The fourth-order valence-electron chi connectivity index (χ4n) is 3.27. The van der Waals surface area contributed by atoms with E-state index in [0.717, 1.165) is 24.3 Å². The Morgan fingerprint density at radius 3 is 2.87 bits per heavy atom. The van der Waals surface area contributed by atoms with E-state index in [1.54, 1.807) is 6.26 Å². The van der Waals surface area contributed by atoms with E-state index in [4.69, 9.17) is 4.42 Å². The number of benzene rings is 1. The van der Waals surface area contributed by atoms with Crippen molar-refractivity contribution in [2.45, 2.75) is 32.4 Å². The van der Waals surface area contributed by atoms with Gasteiger partial charge in [-0.2, -0.15) is 0 Å². The number of likely N-dealkylation sites (tertiary alicyclic amines) is 1. The zero-order valence-corrected chi connectivity index (χ0v) is 14.1. The van der Waals surface area contributed by atoms with Crippen molar-refractivity contribution in [2.24, 2.45) is 0 Å². The molecule has 1 aliphatic heterocycles. The van der Waals surface area contributed by atoms with Gasteiger partial charge in [0.2, 0.25) is 5.89 Å². The second-order valence-electron chi connectivity index (χ2n) is 6.09. The molecule has 0 amide bonds. The Balaban J connectivity index is 1.50. The van der Waals surface area contributed by atoms with Crippen LogP contribution in [0.4, 0.5) is 0 Å². The maximum Gasteiger partial charge on any atom is 0.226 e. The highest BCUT2D eigenvalue weighted by atomic mass is 32.1. The Morgan fingerprint density at radius 1 is 1.22 bits per heavy atom. The number of aromatic nitrogens is 1. The molecular formula is C19H20N2OS. The molecule has 1 atom stereocenters. The molecule has 0 spiro atoms. The molecule has 0 bridgehead atoms. The second-order valence-corrected chi connectivity index (χ2v) is 7.41. The van der Waals surface area contributed by atoms with Crippen molar-refractivity contribution in [1.29, 1.82) is 0 Å². The van der Waals surface area contributed by atoms with Gasteiger partial charge in [0.25, 0.3) is 0 Å². The molecule has 0 radical (unpaired) electrons. The number of oxazole rings is 1. The molecule has 1 unspecified atom stereocenters. The maximum atomic E-state index is 5.67. The molecule has 1 aromatic carbocycles. The van der Waals surface area contributed by atoms with Gasteiger partial charge in [-0.25, -0.2) is 4.98 Å². The minimum atomic E-state index is 0.533. The number of nitrogens with zero attached hydrogens (tertiary/aromatic N) is 2. The predicted molar refractivity (Wildman–Crippen MR) is 93.4 cm³/mol. The van der Waals surface area contributed by atoms with Crippen molar-refractivity contribution in [2.75, 3.05) is 6.54 Å². The molecule has 2 aromatic heterocycles. The molecule has 1 aliphatic rings. The van der Waals surface area contributed by atoms with Crippen LogP contribution in [0.15, 0.2) is 53.1 Å². The first-order valence-corrected chi connectivity index (χ1v) is 8.91. The van der Waals surface area contributed by atoms with Crippen LogP contribution in [0.3, 0.4) is 0 Å². The Labute approximate surface area is 140 Å². The molecule has 1 saturated heterocycles. The van der Waals surface area contributed by atoms with Gasteiger partial charge in [0, 0.05) is 27.9 Å². The molecule has 0 N–H and O–H groups in total. The van der Waals surface area contributed by atoms with Crippen LogP contribution in [0.5, 0.6) is 0 Å². The highest BCUT2D eigenvalue weighted by molar-refractivity contribution is 7.12. The van der Waals surface area contributed by atoms with Crippen LogP contribution < -0.4 is 0 Å². The van der Waals surface area contributed by atoms with Gasteiger partial charge in [-0.15, -0.1) is 11.3 Å². The molecule has 118 valence electrons. The number of hydrogen-bond acceptors (Lipinski definition) is 4. The fraction of sp³-hybridized carbons (Fsp3) is 0.316. The van der Waals surface area contributed by atoms with E-state index in [9.17, 15) is 0 Å². The summed E-state index contributed by atoms with van der Waals surface area (Å²) in [4.78, 5) is 10.1. The second kappa shape index (κ2) is 6.30. The smallest absolute Gasteiger partial charge is 0.226 e. The lowest BCUT2D eigenvalue weighted by Gasteiger charge is -2.22. The molecule has 3 nitrogen and oxygen atoms in total. The minimum absolute atomic E-state index is 0.533. The SMILES string of the molecule is Cc1ccc(C2CCCN2Cc2coc(-c3ccccc3)n2)s1. The van der Waals surface area contributed by atoms with Gasteiger partial charge in [-0.1, -0.05) is 18.2 Å². The van der Waals surface area contributed by atoms with Crippen molar-refractivity contribution in [3.8, 4) is 11.5 Å². The van der Waals surface area contributed by atoms with Crippen molar-refractivity contribution in [3.63, 3.8) is 0 Å². The van der Waals surface area contributed by atoms with E-state index in [1.165, 1.54) is 22.6 Å². The summed E-state index contributed by atoms with van der Waals surface area (Å²) in [7, 11) is 0. The monoisotopic (exact) mass is 324 g/mol. The number of rotatable bonds is 4. The first-order valence-electron chi connectivity index (χ1n) is 8.10. The summed E-state index contributed by atoms with van der Waals surface area (Å²) >= 11 is 1.92. The zero-order valence-electron chi connectivity index (χ0n) is 13.2. The lowest BCUT2D eigenvalue weighted by Crippen LogP contribution is -2.22. The van der Waals surface area contributed by atoms with Crippen LogP contribution in [0, 0.1) is 6.92 Å². The first-order chi connectivity index (χ1) is 11.3. The van der Waals surface area contributed by atoms with Gasteiger partial charge in [0.1, 0.15) is 6.26 Å². The van der Waals surface area contributed by atoms with Crippen molar-refractivity contribution < 1.29 is 4.42 Å². The number of aryl methyl sites for hydroxylation is 1. The van der Waals surface area contributed by atoms with E-state index in [0.29, 0.717) is 11.9 Å². The van der Waals surface area contributed by atoms with E-state index in [1.807, 2.05) is 41.7 Å². The van der Waals surface area contributed by atoms with Gasteiger partial charge in [0.05, 0.1) is 5.69 Å². The quantitative estimate of drug-likeness (QED) is 0.672. The molecule has 3 heterocycles. The first kappa shape index (κ1) is 14.7. The predicted octanol–water partition coefficient (Wildman–Crippen LogP) is 5.05. The molecule has 23 heavy (non-hydrogen) atoms. The fourth-order valence-corrected chi connectivity index (χ4v) is 4.32. The van der Waals surface area contributed by atoms with Crippen LogP contribution in [-0.4, -0.2) is 16.4 Å². The third-order valence-corrected chi connectivity index (χ3v) is 5.49. The van der Waals surface area contributed by atoms with E-state index in [-0.39, 0.29) is 0 Å². The van der Waals surface area contributed by atoms with Gasteiger partial charge >= 0.3 is 0 Å². The molecule has 1 fully saturated rings. The van der Waals surface area contributed by atoms with E-state index >= 15 is 0 Å². The van der Waals surface area contributed by atoms with Crippen molar-refractivity contribution >= 4 is 11.3 Å². The summed E-state index contributed by atoms with van der Waals surface area (Å²) in [5.41, 5.74) is 2.05. The lowest BCUT2D eigenvalue weighted by atomic mass is 10.2. The third-order valence-electron chi connectivity index (χ3n) is 4.39. The Hall–Kier alpha value is -1.91. The topological polar surface area (TPSA) is 29.3 Å². The van der Waals surface area contributed by atoms with Crippen LogP contribution in [0.1, 0.15) is 34.3 Å². The standard InChI is InChI=1S/C19H20N2OS/c1-14-9-10-18(23-14)17-8-5-11-21(17)12-16-13-22-19(20-16)15-6-3-2-4-7-15/h2-4,6-7,9-10,13,17H,5,8,11-12H2,1H3. The zero-order chi connectivity index (χ0) is 15.6. The van der Waals surface area contributed by atoms with Crippen LogP contribution in [-0.2, 0) is 6.54 Å². The molecule has 3 aromatic rings. The average molecular weight is 324 g/mol. The maximum absolute atomic E-state index is 5.67. The summed E-state index contributed by atoms with van der Waals surface area (Å²) in [6, 6.07) is 15.1. The van der Waals surface area contributed by atoms with Gasteiger partial charge in [-0.05, 0) is 50.6 Å². The highest BCUT2D eigenvalue weighted by Gasteiger charge is 2.27. The Bertz CT molecular complexity index is 778. The van der Waals surface area contributed by atoms with E-state index in [2.05, 4.69) is 28.9 Å². The largest absolute Gasteiger partial charge is 0.444 e. The normalized spacial score (nSPS) is 18.6. The van der Waals surface area contributed by atoms with Crippen molar-refractivity contribution in [3.05, 3.63) is 64.2 Å². The summed E-state index contributed by atoms with van der Waals surface area (Å²) in [5.74, 6) is 0.711. The molecule has 0 saturated carbocycles. The number of thiophene rings is 1. The number of hydrogen-bond donors (Lipinski definition) is 0. The Morgan fingerprint density at radius 2 is 2.09 bits per heavy atom. The summed E-state index contributed by atoms with van der Waals surface area (Å²) < 4.78 is 5.67. The third kappa shape index (κ3) is 3.09. The summed E-state index contributed by atoms with van der Waals surface area (Å²) in [6.07, 6.45) is 4.30. The molecule has 0 aliphatic carbocycles. The Kier molecular flexibility index (Phi) is 4.02. The molecule has 4 heteroatoms. The highest BCUT2D eigenvalue weighted by Crippen LogP contribution is 2.36. The summed E-state index contributed by atoms with van der Waals surface area (Å²) in [5, 5.41) is 0. The summed E-state index contributed by atoms with van der Waals surface area (Å²) in [6.45, 7) is 4.17. The molecule has 4 rings (SSSR count). The van der Waals surface area contributed by atoms with Gasteiger partial charge in [-0.3, -0.25) is 4.90 Å². The van der Waals surface area contributed by atoms with Crippen LogP contribution in [0.2, 0.25) is 0 Å². The van der Waals surface area contributed by atoms with Gasteiger partial charge in [0.15, 0.2) is 0 Å².